The van der Waals surface area contributed by atoms with E-state index in [9.17, 15) is 0 Å². The Bertz CT molecular complexity index is 580. The molecule has 0 saturated carbocycles. The van der Waals surface area contributed by atoms with Gasteiger partial charge in [-0.3, -0.25) is 0 Å². The van der Waals surface area contributed by atoms with Crippen molar-refractivity contribution in [2.75, 3.05) is 6.61 Å². The number of halogens is 2. The lowest BCUT2D eigenvalue weighted by Gasteiger charge is -2.15. The van der Waals surface area contributed by atoms with Crippen molar-refractivity contribution in [3.63, 3.8) is 0 Å². The van der Waals surface area contributed by atoms with E-state index in [-0.39, 0.29) is 0 Å². The van der Waals surface area contributed by atoms with Crippen LogP contribution in [0.3, 0.4) is 0 Å². The van der Waals surface area contributed by atoms with Crippen LogP contribution in [0.15, 0.2) is 22.9 Å². The average Bonchev–Trinajstić information content (AvgIpc) is 2.62. The molecule has 0 aliphatic carbocycles. The lowest BCUT2D eigenvalue weighted by molar-refractivity contribution is 0.0898. The van der Waals surface area contributed by atoms with Crippen LogP contribution >= 0.6 is 27.5 Å². The second kappa shape index (κ2) is 5.95. The minimum Gasteiger partial charge on any atom is -0.361 e. The molecule has 0 spiro atoms. The second-order valence-electron chi connectivity index (χ2n) is 5.79. The molecule has 104 valence electrons. The predicted molar refractivity (Wildman–Crippen MR) is 86.5 cm³/mol. The Kier molecular flexibility index (Phi) is 4.71. The molecule has 0 amide bonds. The first-order chi connectivity index (χ1) is 8.88. The number of rotatable bonds is 5. The summed E-state index contributed by atoms with van der Waals surface area (Å²) >= 11 is 9.69. The number of fused-ring (bicyclic) bond motifs is 1. The minimum absolute atomic E-state index is 0.514. The average molecular weight is 362 g/mol. The summed E-state index contributed by atoms with van der Waals surface area (Å²) in [6.45, 7) is 8.35. The number of ether oxygens (including phenoxy) is 1. The van der Waals surface area contributed by atoms with Crippen LogP contribution in [0.1, 0.15) is 0 Å². The number of hydrogen-bond acceptors (Lipinski definition) is 2. The van der Waals surface area contributed by atoms with Gasteiger partial charge in [0.15, 0.2) is 0 Å². The van der Waals surface area contributed by atoms with Crippen molar-refractivity contribution in [1.82, 2.24) is 9.55 Å². The van der Waals surface area contributed by atoms with Gasteiger partial charge in [0.05, 0.1) is 10.4 Å². The number of nitrogens with zero attached hydrogens (tertiary/aromatic N) is 2. The summed E-state index contributed by atoms with van der Waals surface area (Å²) in [5.41, 5.74) is 0.854. The van der Waals surface area contributed by atoms with Gasteiger partial charge in [0.2, 0.25) is 0 Å². The van der Waals surface area contributed by atoms with E-state index in [1.54, 1.807) is 12.3 Å². The molecular weight excluding hydrogens is 344 g/mol. The monoisotopic (exact) mass is 360 g/mol. The van der Waals surface area contributed by atoms with Crippen LogP contribution in [0, 0.1) is 0 Å². The molecule has 2 rings (SSSR count). The van der Waals surface area contributed by atoms with E-state index < -0.39 is 8.07 Å². The molecule has 2 aromatic heterocycles. The van der Waals surface area contributed by atoms with Crippen molar-refractivity contribution in [2.24, 2.45) is 0 Å². The predicted octanol–water partition coefficient (Wildman–Crippen LogP) is 4.76. The summed E-state index contributed by atoms with van der Waals surface area (Å²) in [5, 5.41) is 1.65. The van der Waals surface area contributed by atoms with Crippen molar-refractivity contribution in [2.45, 2.75) is 32.4 Å². The van der Waals surface area contributed by atoms with Crippen LogP contribution in [-0.2, 0) is 11.5 Å². The Morgan fingerprint density at radius 3 is 2.84 bits per heavy atom. The Labute approximate surface area is 128 Å². The Morgan fingerprint density at radius 1 is 1.42 bits per heavy atom. The topological polar surface area (TPSA) is 27.1 Å². The maximum Gasteiger partial charge on any atom is 0.144 e. The van der Waals surface area contributed by atoms with E-state index in [1.165, 1.54) is 6.04 Å². The fourth-order valence-corrected chi connectivity index (χ4v) is 3.52. The largest absolute Gasteiger partial charge is 0.361 e. The molecule has 0 bridgehead atoms. The molecule has 0 aliphatic heterocycles. The molecule has 2 aromatic rings. The molecular formula is C13H18BrClN2OSi. The summed E-state index contributed by atoms with van der Waals surface area (Å²) in [6.07, 6.45) is 3.69. The third-order valence-corrected chi connectivity index (χ3v) is 5.51. The summed E-state index contributed by atoms with van der Waals surface area (Å²) in [5.74, 6) is 0. The first-order valence-corrected chi connectivity index (χ1v) is 11.1. The Morgan fingerprint density at radius 2 is 2.16 bits per heavy atom. The van der Waals surface area contributed by atoms with E-state index in [0.29, 0.717) is 11.8 Å². The highest BCUT2D eigenvalue weighted by atomic mass is 79.9. The zero-order valence-corrected chi connectivity index (χ0v) is 14.8. The molecule has 19 heavy (non-hydrogen) atoms. The third kappa shape index (κ3) is 3.81. The summed E-state index contributed by atoms with van der Waals surface area (Å²) < 4.78 is 8.69. The van der Waals surface area contributed by atoms with Crippen LogP contribution in [0.4, 0.5) is 0 Å². The summed E-state index contributed by atoms with van der Waals surface area (Å²) in [6, 6.07) is 2.96. The summed E-state index contributed by atoms with van der Waals surface area (Å²) in [4.78, 5) is 4.37. The van der Waals surface area contributed by atoms with Gasteiger partial charge < -0.3 is 9.30 Å². The molecule has 0 atom stereocenters. The van der Waals surface area contributed by atoms with Crippen molar-refractivity contribution < 1.29 is 4.74 Å². The highest BCUT2D eigenvalue weighted by molar-refractivity contribution is 9.10. The van der Waals surface area contributed by atoms with Gasteiger partial charge in [0.25, 0.3) is 0 Å². The number of hydrogen-bond donors (Lipinski definition) is 0. The molecule has 0 saturated heterocycles. The smallest absolute Gasteiger partial charge is 0.144 e. The van der Waals surface area contributed by atoms with Crippen LogP contribution in [-0.4, -0.2) is 24.2 Å². The maximum atomic E-state index is 6.18. The minimum atomic E-state index is -1.03. The quantitative estimate of drug-likeness (QED) is 0.567. The molecule has 0 N–H and O–H groups in total. The van der Waals surface area contributed by atoms with Gasteiger partial charge in [0, 0.05) is 31.5 Å². The van der Waals surface area contributed by atoms with Crippen LogP contribution in [0.5, 0.6) is 0 Å². The van der Waals surface area contributed by atoms with Gasteiger partial charge >= 0.3 is 0 Å². The molecule has 0 unspecified atom stereocenters. The molecule has 6 heteroatoms. The van der Waals surface area contributed by atoms with Gasteiger partial charge in [0.1, 0.15) is 12.4 Å². The van der Waals surface area contributed by atoms with Crippen molar-refractivity contribution in [3.05, 3.63) is 28.0 Å². The third-order valence-electron chi connectivity index (χ3n) is 2.89. The van der Waals surface area contributed by atoms with Gasteiger partial charge in [-0.1, -0.05) is 31.2 Å². The molecule has 0 radical (unpaired) electrons. The van der Waals surface area contributed by atoms with Crippen LogP contribution < -0.4 is 0 Å². The fourth-order valence-electron chi connectivity index (χ4n) is 1.77. The normalized spacial score (nSPS) is 12.3. The van der Waals surface area contributed by atoms with Gasteiger partial charge in [-0.25, -0.2) is 4.98 Å². The van der Waals surface area contributed by atoms with E-state index >= 15 is 0 Å². The number of aromatic nitrogens is 2. The van der Waals surface area contributed by atoms with Gasteiger partial charge in [-0.15, -0.1) is 0 Å². The Hall–Kier alpha value is -0.363. The zero-order chi connectivity index (χ0) is 14.0. The first-order valence-electron chi connectivity index (χ1n) is 6.25. The lowest BCUT2D eigenvalue weighted by atomic mass is 10.3. The first kappa shape index (κ1) is 15.0. The highest BCUT2D eigenvalue weighted by Gasteiger charge is 2.13. The van der Waals surface area contributed by atoms with Gasteiger partial charge in [-0.05, 0) is 28.0 Å². The van der Waals surface area contributed by atoms with E-state index in [0.717, 1.165) is 22.1 Å². The molecule has 2 heterocycles. The van der Waals surface area contributed by atoms with E-state index in [4.69, 9.17) is 16.3 Å². The molecule has 0 aromatic carbocycles. The Balaban J connectivity index is 2.08. The summed E-state index contributed by atoms with van der Waals surface area (Å²) in [7, 11) is -1.03. The molecule has 0 fully saturated rings. The van der Waals surface area contributed by atoms with E-state index in [2.05, 4.69) is 40.6 Å². The van der Waals surface area contributed by atoms with Gasteiger partial charge in [-0.2, -0.15) is 0 Å². The maximum absolute atomic E-state index is 6.18. The van der Waals surface area contributed by atoms with Crippen LogP contribution in [0.2, 0.25) is 30.7 Å². The van der Waals surface area contributed by atoms with Crippen molar-refractivity contribution >= 4 is 46.6 Å². The van der Waals surface area contributed by atoms with Crippen molar-refractivity contribution in [1.29, 1.82) is 0 Å². The standard InChI is InChI=1S/C13H18BrClN2OSi/c1-19(2,3)7-6-18-9-17-8-10(14)12-11(15)4-5-16-13(12)17/h4-5,8H,6-7,9H2,1-3H3. The van der Waals surface area contributed by atoms with Crippen molar-refractivity contribution in [3.8, 4) is 0 Å². The fraction of sp³-hybridized carbons (Fsp3) is 0.462. The molecule has 0 aliphatic rings. The van der Waals surface area contributed by atoms with Crippen LogP contribution in [0.25, 0.3) is 11.0 Å². The number of pyridine rings is 1. The second-order valence-corrected chi connectivity index (χ2v) is 12.7. The molecule has 3 nitrogen and oxygen atoms in total. The lowest BCUT2D eigenvalue weighted by Crippen LogP contribution is -2.22. The SMILES string of the molecule is C[Si](C)(C)CCOCn1cc(Br)c2c(Cl)ccnc21. The zero-order valence-electron chi connectivity index (χ0n) is 11.4. The van der Waals surface area contributed by atoms with E-state index in [1.807, 2.05) is 10.8 Å². The highest BCUT2D eigenvalue weighted by Crippen LogP contribution is 2.30.